The van der Waals surface area contributed by atoms with Gasteiger partial charge in [-0.25, -0.2) is 0 Å². The third kappa shape index (κ3) is 2.27. The number of rotatable bonds is 1. The van der Waals surface area contributed by atoms with Gasteiger partial charge < -0.3 is 10.1 Å². The summed E-state index contributed by atoms with van der Waals surface area (Å²) in [7, 11) is 0. The van der Waals surface area contributed by atoms with Crippen molar-refractivity contribution in [2.24, 2.45) is 0 Å². The summed E-state index contributed by atoms with van der Waals surface area (Å²) in [5.41, 5.74) is 0. The predicted molar refractivity (Wildman–Crippen MR) is 48.4 cm³/mol. The molecule has 1 unspecified atom stereocenters. The highest BCUT2D eigenvalue weighted by Crippen LogP contribution is 2.10. The Bertz CT molecular complexity index is 190. The van der Waals surface area contributed by atoms with Gasteiger partial charge in [0.1, 0.15) is 5.78 Å². The Morgan fingerprint density at radius 3 is 2.85 bits per heavy atom. The molecule has 0 spiro atoms. The van der Waals surface area contributed by atoms with Gasteiger partial charge in [0.15, 0.2) is 0 Å². The molecule has 0 aromatic heterocycles. The van der Waals surface area contributed by atoms with Crippen LogP contribution in [0, 0.1) is 0 Å². The van der Waals surface area contributed by atoms with Crippen LogP contribution in [0.4, 0.5) is 0 Å². The second-order valence-electron chi connectivity index (χ2n) is 3.61. The van der Waals surface area contributed by atoms with Gasteiger partial charge in [-0.05, 0) is 0 Å². The molecule has 4 nitrogen and oxygen atoms in total. The molecule has 2 aliphatic heterocycles. The third-order valence-electron chi connectivity index (χ3n) is 2.69. The Labute approximate surface area is 78.2 Å². The molecule has 2 rings (SSSR count). The number of carbonyl (C=O) groups is 1. The third-order valence-corrected chi connectivity index (χ3v) is 2.69. The van der Waals surface area contributed by atoms with E-state index in [1.165, 1.54) is 0 Å². The molecule has 2 heterocycles. The lowest BCUT2D eigenvalue weighted by atomic mass is 10.1. The first kappa shape index (κ1) is 9.12. The molecule has 4 heteroatoms. The standard InChI is InChI=1S/C9H16N2O2/c12-8-1-2-10-9(7-8)11-3-5-13-6-4-11/h9-10H,1-7H2. The number of piperidine rings is 1. The Hall–Kier alpha value is -0.450. The summed E-state index contributed by atoms with van der Waals surface area (Å²) in [6.07, 6.45) is 1.63. The predicted octanol–water partition coefficient (Wildman–Crippen LogP) is -0.403. The molecule has 2 saturated heterocycles. The number of nitrogens with zero attached hydrogens (tertiary/aromatic N) is 1. The maximum atomic E-state index is 11.2. The van der Waals surface area contributed by atoms with Crippen LogP contribution in [0.3, 0.4) is 0 Å². The van der Waals surface area contributed by atoms with E-state index in [9.17, 15) is 4.79 Å². The van der Waals surface area contributed by atoms with Crippen LogP contribution in [-0.4, -0.2) is 49.7 Å². The minimum Gasteiger partial charge on any atom is -0.379 e. The Morgan fingerprint density at radius 1 is 1.38 bits per heavy atom. The molecule has 13 heavy (non-hydrogen) atoms. The van der Waals surface area contributed by atoms with Gasteiger partial charge >= 0.3 is 0 Å². The van der Waals surface area contributed by atoms with Gasteiger partial charge in [0.2, 0.25) is 0 Å². The van der Waals surface area contributed by atoms with Crippen molar-refractivity contribution in [2.75, 3.05) is 32.8 Å². The maximum absolute atomic E-state index is 11.2. The van der Waals surface area contributed by atoms with Crippen LogP contribution in [0.5, 0.6) is 0 Å². The Balaban J connectivity index is 1.87. The SMILES string of the molecule is O=C1CCNC(N2CCOCC2)C1. The Kier molecular flexibility index (Phi) is 2.93. The van der Waals surface area contributed by atoms with Crippen molar-refractivity contribution in [3.8, 4) is 0 Å². The van der Waals surface area contributed by atoms with Gasteiger partial charge in [0, 0.05) is 32.5 Å². The first-order chi connectivity index (χ1) is 6.36. The minimum atomic E-state index is 0.269. The van der Waals surface area contributed by atoms with Crippen molar-refractivity contribution >= 4 is 5.78 Å². The molecule has 0 amide bonds. The molecule has 2 fully saturated rings. The van der Waals surface area contributed by atoms with Crippen molar-refractivity contribution in [2.45, 2.75) is 19.0 Å². The quantitative estimate of drug-likeness (QED) is 0.602. The number of hydrogen-bond acceptors (Lipinski definition) is 4. The molecule has 0 saturated carbocycles. The van der Waals surface area contributed by atoms with E-state index in [-0.39, 0.29) is 6.17 Å². The van der Waals surface area contributed by atoms with Crippen molar-refractivity contribution in [3.05, 3.63) is 0 Å². The topological polar surface area (TPSA) is 41.6 Å². The molecule has 1 atom stereocenters. The van der Waals surface area contributed by atoms with Crippen LogP contribution in [0.2, 0.25) is 0 Å². The number of nitrogens with one attached hydrogen (secondary N) is 1. The second kappa shape index (κ2) is 4.17. The van der Waals surface area contributed by atoms with E-state index >= 15 is 0 Å². The van der Waals surface area contributed by atoms with Crippen LogP contribution in [0.25, 0.3) is 0 Å². The molecule has 0 bridgehead atoms. The van der Waals surface area contributed by atoms with E-state index in [0.29, 0.717) is 18.6 Å². The fourth-order valence-electron chi connectivity index (χ4n) is 1.92. The normalized spacial score (nSPS) is 32.0. The molecule has 1 N–H and O–H groups in total. The molecule has 0 radical (unpaired) electrons. The number of ketones is 1. The number of hydrogen-bond donors (Lipinski definition) is 1. The van der Waals surface area contributed by atoms with Crippen LogP contribution < -0.4 is 5.32 Å². The largest absolute Gasteiger partial charge is 0.379 e. The van der Waals surface area contributed by atoms with Crippen molar-refractivity contribution in [1.29, 1.82) is 0 Å². The number of Topliss-reactive ketones (excluding diaryl/α,β-unsaturated/α-hetero) is 1. The molecule has 0 aromatic carbocycles. The van der Waals surface area contributed by atoms with E-state index in [4.69, 9.17) is 4.74 Å². The van der Waals surface area contributed by atoms with Crippen molar-refractivity contribution in [3.63, 3.8) is 0 Å². The van der Waals surface area contributed by atoms with Crippen LogP contribution >= 0.6 is 0 Å². The summed E-state index contributed by atoms with van der Waals surface area (Å²) >= 11 is 0. The summed E-state index contributed by atoms with van der Waals surface area (Å²) in [6.45, 7) is 4.33. The number of ether oxygens (including phenoxy) is 1. The van der Waals surface area contributed by atoms with Crippen LogP contribution in [0.1, 0.15) is 12.8 Å². The zero-order chi connectivity index (χ0) is 9.10. The summed E-state index contributed by atoms with van der Waals surface area (Å²) < 4.78 is 5.26. The highest BCUT2D eigenvalue weighted by Gasteiger charge is 2.25. The van der Waals surface area contributed by atoms with E-state index in [2.05, 4.69) is 10.2 Å². The highest BCUT2D eigenvalue weighted by atomic mass is 16.5. The average molecular weight is 184 g/mol. The van der Waals surface area contributed by atoms with E-state index in [1.807, 2.05) is 0 Å². The first-order valence-corrected chi connectivity index (χ1v) is 4.93. The molecule has 2 aliphatic rings. The van der Waals surface area contributed by atoms with Gasteiger partial charge in [0.25, 0.3) is 0 Å². The van der Waals surface area contributed by atoms with Crippen molar-refractivity contribution < 1.29 is 9.53 Å². The van der Waals surface area contributed by atoms with Crippen LogP contribution in [-0.2, 0) is 9.53 Å². The van der Waals surface area contributed by atoms with Gasteiger partial charge in [-0.2, -0.15) is 0 Å². The summed E-state index contributed by atoms with van der Waals surface area (Å²) in [4.78, 5) is 13.5. The summed E-state index contributed by atoms with van der Waals surface area (Å²) in [5, 5.41) is 3.37. The first-order valence-electron chi connectivity index (χ1n) is 4.93. The van der Waals surface area contributed by atoms with Gasteiger partial charge in [0.05, 0.1) is 19.4 Å². The molecule has 0 aromatic rings. The molecular formula is C9H16N2O2. The molecule has 0 aliphatic carbocycles. The number of morpholine rings is 1. The fraction of sp³-hybridized carbons (Fsp3) is 0.889. The average Bonchev–Trinajstić information content (AvgIpc) is 2.19. The van der Waals surface area contributed by atoms with Gasteiger partial charge in [-0.1, -0.05) is 0 Å². The monoisotopic (exact) mass is 184 g/mol. The number of carbonyl (C=O) groups excluding carboxylic acids is 1. The highest BCUT2D eigenvalue weighted by molar-refractivity contribution is 5.79. The van der Waals surface area contributed by atoms with Crippen LogP contribution in [0.15, 0.2) is 0 Å². The van der Waals surface area contributed by atoms with E-state index in [1.54, 1.807) is 0 Å². The van der Waals surface area contributed by atoms with Gasteiger partial charge in [-0.15, -0.1) is 0 Å². The van der Waals surface area contributed by atoms with Crippen molar-refractivity contribution in [1.82, 2.24) is 10.2 Å². The summed E-state index contributed by atoms with van der Waals surface area (Å²) in [5.74, 6) is 0.384. The maximum Gasteiger partial charge on any atom is 0.137 e. The van der Waals surface area contributed by atoms with E-state index < -0.39 is 0 Å². The Morgan fingerprint density at radius 2 is 2.15 bits per heavy atom. The lowest BCUT2D eigenvalue weighted by Crippen LogP contribution is -2.54. The molecule has 74 valence electrons. The second-order valence-corrected chi connectivity index (χ2v) is 3.61. The van der Waals surface area contributed by atoms with E-state index in [0.717, 1.165) is 32.8 Å². The van der Waals surface area contributed by atoms with Gasteiger partial charge in [-0.3, -0.25) is 9.69 Å². The lowest BCUT2D eigenvalue weighted by molar-refractivity contribution is -0.123. The lowest BCUT2D eigenvalue weighted by Gasteiger charge is -2.36. The zero-order valence-electron chi connectivity index (χ0n) is 7.79. The fourth-order valence-corrected chi connectivity index (χ4v) is 1.92. The smallest absolute Gasteiger partial charge is 0.137 e. The summed E-state index contributed by atoms with van der Waals surface area (Å²) in [6, 6.07) is 0. The molecular weight excluding hydrogens is 168 g/mol. The minimum absolute atomic E-state index is 0.269. The zero-order valence-corrected chi connectivity index (χ0v) is 7.79.